The van der Waals surface area contributed by atoms with Crippen LogP contribution in [0.25, 0.3) is 16.8 Å². The molecular formula is C27H26N6O5S. The fourth-order valence-electron chi connectivity index (χ4n) is 4.41. The quantitative estimate of drug-likeness (QED) is 0.165. The summed E-state index contributed by atoms with van der Waals surface area (Å²) in [6, 6.07) is 17.4. The van der Waals surface area contributed by atoms with Crippen LogP contribution < -0.4 is 16.2 Å². The van der Waals surface area contributed by atoms with Crippen molar-refractivity contribution in [1.29, 1.82) is 5.41 Å². The van der Waals surface area contributed by atoms with Gasteiger partial charge in [0.05, 0.1) is 21.8 Å². The maximum atomic E-state index is 13.3. The SMILES string of the molecule is CCc1c(C(=O)O)ccc(-n2nc(C)cc2C(=O)Nc2ccc(-c3ccccc3S(N)(=O)=O)cc2)c1C(=N)N. The largest absolute Gasteiger partial charge is 0.478 e. The number of carbonyl (C=O) groups is 2. The van der Waals surface area contributed by atoms with E-state index >= 15 is 0 Å². The molecule has 3 aromatic carbocycles. The van der Waals surface area contributed by atoms with Gasteiger partial charge in [0, 0.05) is 16.8 Å². The molecule has 0 bridgehead atoms. The van der Waals surface area contributed by atoms with E-state index in [2.05, 4.69) is 10.4 Å². The second kappa shape index (κ2) is 10.5. The smallest absolute Gasteiger partial charge is 0.335 e. The Labute approximate surface area is 224 Å². The number of hydrogen-bond donors (Lipinski definition) is 5. The minimum atomic E-state index is -3.93. The van der Waals surface area contributed by atoms with Crippen LogP contribution in [-0.4, -0.2) is 41.0 Å². The van der Waals surface area contributed by atoms with Gasteiger partial charge in [-0.25, -0.2) is 23.0 Å². The molecule has 7 N–H and O–H groups in total. The molecule has 0 aliphatic heterocycles. The Morgan fingerprint density at radius 2 is 1.74 bits per heavy atom. The van der Waals surface area contributed by atoms with E-state index in [0.29, 0.717) is 40.2 Å². The van der Waals surface area contributed by atoms with E-state index in [0.717, 1.165) is 0 Å². The zero-order valence-electron chi connectivity index (χ0n) is 21.1. The highest BCUT2D eigenvalue weighted by molar-refractivity contribution is 7.89. The van der Waals surface area contributed by atoms with Crippen LogP contribution in [0.1, 0.15) is 44.6 Å². The van der Waals surface area contributed by atoms with E-state index in [1.165, 1.54) is 22.9 Å². The Morgan fingerprint density at radius 1 is 1.08 bits per heavy atom. The summed E-state index contributed by atoms with van der Waals surface area (Å²) < 4.78 is 25.3. The number of aromatic nitrogens is 2. The predicted molar refractivity (Wildman–Crippen MR) is 147 cm³/mol. The van der Waals surface area contributed by atoms with Crippen molar-refractivity contribution in [3.63, 3.8) is 0 Å². The summed E-state index contributed by atoms with van der Waals surface area (Å²) in [6.07, 6.45) is 0.299. The number of rotatable bonds is 8. The molecule has 0 spiro atoms. The number of carboxylic acids is 1. The lowest BCUT2D eigenvalue weighted by atomic mass is 9.96. The van der Waals surface area contributed by atoms with Crippen LogP contribution >= 0.6 is 0 Å². The number of sulfonamides is 1. The van der Waals surface area contributed by atoms with Crippen molar-refractivity contribution in [3.05, 3.63) is 94.8 Å². The van der Waals surface area contributed by atoms with Gasteiger partial charge in [0.2, 0.25) is 10.0 Å². The standard InChI is InChI=1S/C27H26N6O5S/c1-3-18-20(27(35)36)12-13-21(24(18)25(28)29)33-22(14-15(2)32-33)26(34)31-17-10-8-16(9-11-17)19-6-4-5-7-23(19)39(30,37)38/h4-14H,3H2,1-2H3,(H3,28,29)(H,31,34)(H,35,36)(H2,30,37,38). The van der Waals surface area contributed by atoms with Gasteiger partial charge in [-0.05, 0) is 60.9 Å². The van der Waals surface area contributed by atoms with Crippen LogP contribution in [0.3, 0.4) is 0 Å². The normalized spacial score (nSPS) is 11.3. The van der Waals surface area contributed by atoms with E-state index < -0.39 is 21.9 Å². The van der Waals surface area contributed by atoms with E-state index in [4.69, 9.17) is 16.3 Å². The number of carboxylic acid groups (broad SMARTS) is 1. The molecule has 39 heavy (non-hydrogen) atoms. The highest BCUT2D eigenvalue weighted by atomic mass is 32.2. The lowest BCUT2D eigenvalue weighted by molar-refractivity contribution is 0.0695. The number of primary sulfonamides is 1. The molecule has 200 valence electrons. The summed E-state index contributed by atoms with van der Waals surface area (Å²) >= 11 is 0. The number of anilines is 1. The molecule has 0 saturated heterocycles. The first-order valence-corrected chi connectivity index (χ1v) is 13.3. The third-order valence-electron chi connectivity index (χ3n) is 6.08. The Hall–Kier alpha value is -4.81. The van der Waals surface area contributed by atoms with Gasteiger partial charge in [0.25, 0.3) is 5.91 Å². The monoisotopic (exact) mass is 546 g/mol. The molecule has 1 aromatic heterocycles. The lowest BCUT2D eigenvalue weighted by Crippen LogP contribution is -2.23. The van der Waals surface area contributed by atoms with Crippen LogP contribution in [0.4, 0.5) is 5.69 Å². The van der Waals surface area contributed by atoms with Crippen molar-refractivity contribution >= 4 is 33.4 Å². The predicted octanol–water partition coefficient (Wildman–Crippen LogP) is 3.29. The second-order valence-corrected chi connectivity index (χ2v) is 10.2. The first-order valence-electron chi connectivity index (χ1n) is 11.8. The van der Waals surface area contributed by atoms with Gasteiger partial charge in [-0.3, -0.25) is 10.2 Å². The Balaban J connectivity index is 1.70. The van der Waals surface area contributed by atoms with Crippen LogP contribution in [0.15, 0.2) is 71.6 Å². The molecule has 0 saturated carbocycles. The van der Waals surface area contributed by atoms with Gasteiger partial charge in [0.15, 0.2) is 0 Å². The lowest BCUT2D eigenvalue weighted by Gasteiger charge is -2.17. The van der Waals surface area contributed by atoms with Crippen molar-refractivity contribution in [3.8, 4) is 16.8 Å². The number of nitrogen functional groups attached to an aromatic ring is 1. The second-order valence-electron chi connectivity index (χ2n) is 8.71. The molecular weight excluding hydrogens is 520 g/mol. The molecule has 0 aliphatic rings. The van der Waals surface area contributed by atoms with E-state index in [9.17, 15) is 23.1 Å². The average molecular weight is 547 g/mol. The zero-order chi connectivity index (χ0) is 28.5. The van der Waals surface area contributed by atoms with Gasteiger partial charge in [-0.15, -0.1) is 0 Å². The van der Waals surface area contributed by atoms with E-state index in [1.807, 2.05) is 0 Å². The molecule has 0 fully saturated rings. The van der Waals surface area contributed by atoms with Gasteiger partial charge in [-0.2, -0.15) is 5.10 Å². The maximum absolute atomic E-state index is 13.3. The van der Waals surface area contributed by atoms with Gasteiger partial charge in [-0.1, -0.05) is 37.3 Å². The summed E-state index contributed by atoms with van der Waals surface area (Å²) in [5.41, 5.74) is 8.85. The third kappa shape index (κ3) is 5.42. The number of carbonyl (C=O) groups excluding carboxylic acids is 1. The number of nitrogens with one attached hydrogen (secondary N) is 2. The summed E-state index contributed by atoms with van der Waals surface area (Å²) in [5.74, 6) is -2.01. The number of aryl methyl sites for hydroxylation is 1. The first-order chi connectivity index (χ1) is 18.4. The van der Waals surface area contributed by atoms with Crippen molar-refractivity contribution in [1.82, 2.24) is 9.78 Å². The summed E-state index contributed by atoms with van der Waals surface area (Å²) in [5, 5.41) is 30.2. The Morgan fingerprint density at radius 3 is 2.33 bits per heavy atom. The summed E-state index contributed by atoms with van der Waals surface area (Å²) in [4.78, 5) is 25.0. The van der Waals surface area contributed by atoms with Crippen molar-refractivity contribution < 1.29 is 23.1 Å². The number of hydrogen-bond acceptors (Lipinski definition) is 6. The number of nitrogens with zero attached hydrogens (tertiary/aromatic N) is 2. The van der Waals surface area contributed by atoms with Gasteiger partial charge >= 0.3 is 5.97 Å². The number of amides is 1. The Kier molecular flexibility index (Phi) is 7.34. The van der Waals surface area contributed by atoms with Gasteiger partial charge in [0.1, 0.15) is 11.5 Å². The van der Waals surface area contributed by atoms with Crippen LogP contribution in [-0.2, 0) is 16.4 Å². The summed E-state index contributed by atoms with van der Waals surface area (Å²) in [6.45, 7) is 3.45. The van der Waals surface area contributed by atoms with E-state index in [-0.39, 0.29) is 27.6 Å². The van der Waals surface area contributed by atoms with Gasteiger partial charge < -0.3 is 16.2 Å². The fourth-order valence-corrected chi connectivity index (χ4v) is 5.17. The fraction of sp³-hybridized carbons (Fsp3) is 0.111. The number of benzene rings is 3. The van der Waals surface area contributed by atoms with E-state index in [1.54, 1.807) is 62.4 Å². The molecule has 1 amide bonds. The zero-order valence-corrected chi connectivity index (χ0v) is 21.9. The number of nitrogens with two attached hydrogens (primary N) is 2. The van der Waals surface area contributed by atoms with Crippen molar-refractivity contribution in [2.75, 3.05) is 5.32 Å². The minimum Gasteiger partial charge on any atom is -0.478 e. The first kappa shape index (κ1) is 27.2. The maximum Gasteiger partial charge on any atom is 0.335 e. The molecule has 0 unspecified atom stereocenters. The van der Waals surface area contributed by atoms with Crippen molar-refractivity contribution in [2.45, 2.75) is 25.2 Å². The Bertz CT molecular complexity index is 1730. The number of amidine groups is 1. The molecule has 0 radical (unpaired) electrons. The summed E-state index contributed by atoms with van der Waals surface area (Å²) in [7, 11) is -3.93. The highest BCUT2D eigenvalue weighted by Crippen LogP contribution is 2.28. The molecule has 4 rings (SSSR count). The highest BCUT2D eigenvalue weighted by Gasteiger charge is 2.24. The molecule has 12 heteroatoms. The minimum absolute atomic E-state index is 0.0113. The van der Waals surface area contributed by atoms with Crippen LogP contribution in [0.5, 0.6) is 0 Å². The third-order valence-corrected chi connectivity index (χ3v) is 7.05. The molecule has 11 nitrogen and oxygen atoms in total. The van der Waals surface area contributed by atoms with Crippen molar-refractivity contribution in [2.24, 2.45) is 10.9 Å². The molecule has 0 aliphatic carbocycles. The van der Waals surface area contributed by atoms with Crippen LogP contribution in [0, 0.1) is 12.3 Å². The molecule has 1 heterocycles. The molecule has 0 atom stereocenters. The average Bonchev–Trinajstić information content (AvgIpc) is 3.29. The van der Waals surface area contributed by atoms with Crippen LogP contribution in [0.2, 0.25) is 0 Å². The molecule has 4 aromatic rings. The number of aromatic carboxylic acids is 1. The topological polar surface area (TPSA) is 194 Å².